The number of hydrogen-bond donors (Lipinski definition) is 3. The van der Waals surface area contributed by atoms with E-state index in [-0.39, 0.29) is 24.4 Å². The summed E-state index contributed by atoms with van der Waals surface area (Å²) in [7, 11) is 0. The number of rotatable bonds is 5. The summed E-state index contributed by atoms with van der Waals surface area (Å²) < 4.78 is 0. The smallest absolute Gasteiger partial charge is 0.317 e. The number of amides is 2. The minimum absolute atomic E-state index is 0.140. The Morgan fingerprint density at radius 2 is 2.43 bits per heavy atom. The first-order chi connectivity index (χ1) is 10.1. The highest BCUT2D eigenvalue weighted by Crippen LogP contribution is 2.21. The summed E-state index contributed by atoms with van der Waals surface area (Å²) in [5.74, 6) is 0.0967. The van der Waals surface area contributed by atoms with Crippen molar-refractivity contribution in [1.29, 1.82) is 0 Å². The molecule has 0 spiro atoms. The Morgan fingerprint density at radius 1 is 1.62 bits per heavy atom. The number of urea groups is 1. The van der Waals surface area contributed by atoms with Crippen LogP contribution in [0, 0.1) is 5.92 Å². The fourth-order valence-corrected chi connectivity index (χ4v) is 2.58. The van der Waals surface area contributed by atoms with Crippen LogP contribution in [0.3, 0.4) is 0 Å². The monoisotopic (exact) mass is 295 g/mol. The average Bonchev–Trinajstić information content (AvgIpc) is 2.99. The zero-order valence-corrected chi connectivity index (χ0v) is 12.1. The molecule has 2 amide bonds. The lowest BCUT2D eigenvalue weighted by molar-refractivity contribution is -0.137. The molecule has 3 N–H and O–H groups in total. The number of hydrogen-bond acceptors (Lipinski definition) is 4. The van der Waals surface area contributed by atoms with Crippen molar-refractivity contribution in [2.45, 2.75) is 38.6 Å². The maximum absolute atomic E-state index is 12.2. The summed E-state index contributed by atoms with van der Waals surface area (Å²) in [5, 5.41) is 18.1. The SMILES string of the molecule is CC(NC(=O)N1CCCC(CCC(=O)O)C1)c1ncn[nH]1. The van der Waals surface area contributed by atoms with E-state index in [0.29, 0.717) is 25.3 Å². The van der Waals surface area contributed by atoms with Crippen molar-refractivity contribution in [1.82, 2.24) is 25.4 Å². The van der Waals surface area contributed by atoms with E-state index >= 15 is 0 Å². The van der Waals surface area contributed by atoms with Gasteiger partial charge in [0.2, 0.25) is 0 Å². The number of nitrogens with one attached hydrogen (secondary N) is 2. The third kappa shape index (κ3) is 4.44. The van der Waals surface area contributed by atoms with Gasteiger partial charge in [-0.15, -0.1) is 0 Å². The van der Waals surface area contributed by atoms with Crippen molar-refractivity contribution < 1.29 is 14.7 Å². The molecule has 0 radical (unpaired) electrons. The van der Waals surface area contributed by atoms with E-state index < -0.39 is 5.97 Å². The molecule has 0 saturated carbocycles. The Hall–Kier alpha value is -2.12. The Labute approximate surface area is 122 Å². The van der Waals surface area contributed by atoms with Gasteiger partial charge in [0.05, 0.1) is 6.04 Å². The van der Waals surface area contributed by atoms with Crippen LogP contribution >= 0.6 is 0 Å². The number of piperidine rings is 1. The number of carboxylic acids is 1. The molecule has 0 aliphatic carbocycles. The minimum Gasteiger partial charge on any atom is -0.481 e. The summed E-state index contributed by atoms with van der Waals surface area (Å²) in [6.45, 7) is 3.16. The summed E-state index contributed by atoms with van der Waals surface area (Å²) in [4.78, 5) is 28.6. The molecule has 1 aromatic heterocycles. The van der Waals surface area contributed by atoms with E-state index in [4.69, 9.17) is 5.11 Å². The van der Waals surface area contributed by atoms with Gasteiger partial charge in [0.25, 0.3) is 0 Å². The second kappa shape index (κ2) is 7.05. The van der Waals surface area contributed by atoms with Crippen LogP contribution in [0.25, 0.3) is 0 Å². The number of carbonyl (C=O) groups is 2. The van der Waals surface area contributed by atoms with Gasteiger partial charge < -0.3 is 15.3 Å². The Kier molecular flexibility index (Phi) is 5.13. The fraction of sp³-hybridized carbons (Fsp3) is 0.692. The lowest BCUT2D eigenvalue weighted by atomic mass is 9.93. The van der Waals surface area contributed by atoms with Crippen LogP contribution < -0.4 is 5.32 Å². The maximum atomic E-state index is 12.2. The van der Waals surface area contributed by atoms with Gasteiger partial charge >= 0.3 is 12.0 Å². The number of aromatic amines is 1. The predicted molar refractivity (Wildman–Crippen MR) is 74.5 cm³/mol. The van der Waals surface area contributed by atoms with Crippen LogP contribution in [0.4, 0.5) is 4.79 Å². The van der Waals surface area contributed by atoms with Crippen molar-refractivity contribution in [2.75, 3.05) is 13.1 Å². The van der Waals surface area contributed by atoms with Crippen LogP contribution in [-0.2, 0) is 4.79 Å². The molecule has 0 bridgehead atoms. The number of likely N-dealkylation sites (tertiary alicyclic amines) is 1. The molecule has 1 fully saturated rings. The molecule has 2 atom stereocenters. The molecule has 1 aliphatic rings. The molecular formula is C13H21N5O3. The first kappa shape index (κ1) is 15.3. The highest BCUT2D eigenvalue weighted by atomic mass is 16.4. The van der Waals surface area contributed by atoms with Gasteiger partial charge in [-0.3, -0.25) is 9.89 Å². The maximum Gasteiger partial charge on any atom is 0.317 e. The van der Waals surface area contributed by atoms with Crippen LogP contribution in [-0.4, -0.2) is 50.3 Å². The number of carboxylic acid groups (broad SMARTS) is 1. The summed E-state index contributed by atoms with van der Waals surface area (Å²) in [6.07, 6.45) is 4.08. The van der Waals surface area contributed by atoms with E-state index in [1.54, 1.807) is 4.90 Å². The molecule has 0 aromatic carbocycles. The van der Waals surface area contributed by atoms with Gasteiger partial charge in [0.1, 0.15) is 12.2 Å². The fourth-order valence-electron chi connectivity index (χ4n) is 2.58. The van der Waals surface area contributed by atoms with Crippen LogP contribution in [0.2, 0.25) is 0 Å². The van der Waals surface area contributed by atoms with Crippen molar-refractivity contribution in [3.8, 4) is 0 Å². The highest BCUT2D eigenvalue weighted by molar-refractivity contribution is 5.74. The molecule has 8 heteroatoms. The molecule has 2 rings (SSSR count). The highest BCUT2D eigenvalue weighted by Gasteiger charge is 2.25. The third-order valence-corrected chi connectivity index (χ3v) is 3.76. The van der Waals surface area contributed by atoms with E-state index in [1.807, 2.05) is 6.92 Å². The van der Waals surface area contributed by atoms with Gasteiger partial charge in [-0.1, -0.05) is 0 Å². The molecule has 21 heavy (non-hydrogen) atoms. The largest absolute Gasteiger partial charge is 0.481 e. The van der Waals surface area contributed by atoms with Crippen LogP contribution in [0.1, 0.15) is 44.5 Å². The molecule has 1 aliphatic heterocycles. The average molecular weight is 295 g/mol. The van der Waals surface area contributed by atoms with Gasteiger partial charge in [0.15, 0.2) is 0 Å². The normalized spacial score (nSPS) is 20.0. The molecule has 2 unspecified atom stereocenters. The Morgan fingerprint density at radius 3 is 3.10 bits per heavy atom. The zero-order chi connectivity index (χ0) is 15.2. The third-order valence-electron chi connectivity index (χ3n) is 3.76. The van der Waals surface area contributed by atoms with Crippen molar-refractivity contribution in [3.63, 3.8) is 0 Å². The van der Waals surface area contributed by atoms with Crippen molar-refractivity contribution >= 4 is 12.0 Å². The van der Waals surface area contributed by atoms with Gasteiger partial charge in [-0.05, 0) is 32.1 Å². The molecule has 1 saturated heterocycles. The lowest BCUT2D eigenvalue weighted by Gasteiger charge is -2.33. The zero-order valence-electron chi connectivity index (χ0n) is 12.1. The van der Waals surface area contributed by atoms with Gasteiger partial charge in [-0.2, -0.15) is 5.10 Å². The first-order valence-electron chi connectivity index (χ1n) is 7.18. The molecule has 1 aromatic rings. The van der Waals surface area contributed by atoms with Gasteiger partial charge in [-0.25, -0.2) is 9.78 Å². The summed E-state index contributed by atoms with van der Waals surface area (Å²) >= 11 is 0. The second-order valence-corrected chi connectivity index (χ2v) is 5.43. The molecule has 2 heterocycles. The van der Waals surface area contributed by atoms with Crippen molar-refractivity contribution in [3.05, 3.63) is 12.2 Å². The molecular weight excluding hydrogens is 274 g/mol. The van der Waals surface area contributed by atoms with E-state index in [0.717, 1.165) is 12.8 Å². The van der Waals surface area contributed by atoms with E-state index in [9.17, 15) is 9.59 Å². The number of aliphatic carboxylic acids is 1. The minimum atomic E-state index is -0.782. The first-order valence-corrected chi connectivity index (χ1v) is 7.18. The van der Waals surface area contributed by atoms with Crippen molar-refractivity contribution in [2.24, 2.45) is 5.92 Å². The Bertz CT molecular complexity index is 476. The van der Waals surface area contributed by atoms with Crippen LogP contribution in [0.5, 0.6) is 0 Å². The molecule has 8 nitrogen and oxygen atoms in total. The number of H-pyrrole nitrogens is 1. The van der Waals surface area contributed by atoms with Gasteiger partial charge in [0, 0.05) is 19.5 Å². The predicted octanol–water partition coefficient (Wildman–Crippen LogP) is 1.15. The summed E-state index contributed by atoms with van der Waals surface area (Å²) in [6, 6.07) is -0.377. The standard InChI is InChI=1S/C13H21N5O3/c1-9(12-14-8-15-17-12)16-13(21)18-6-2-3-10(7-18)4-5-11(19)20/h8-10H,2-7H2,1H3,(H,16,21)(H,19,20)(H,14,15,17). The number of nitrogens with zero attached hydrogens (tertiary/aromatic N) is 3. The van der Waals surface area contributed by atoms with E-state index in [2.05, 4.69) is 20.5 Å². The lowest BCUT2D eigenvalue weighted by Crippen LogP contribution is -2.46. The molecule has 116 valence electrons. The Balaban J connectivity index is 1.82. The summed E-state index contributed by atoms with van der Waals surface area (Å²) in [5.41, 5.74) is 0. The van der Waals surface area contributed by atoms with E-state index in [1.165, 1.54) is 6.33 Å². The topological polar surface area (TPSA) is 111 Å². The number of aromatic nitrogens is 3. The van der Waals surface area contributed by atoms with Crippen LogP contribution in [0.15, 0.2) is 6.33 Å². The quantitative estimate of drug-likeness (QED) is 0.754. The number of carbonyl (C=O) groups excluding carboxylic acids is 1. The second-order valence-electron chi connectivity index (χ2n) is 5.43.